The summed E-state index contributed by atoms with van der Waals surface area (Å²) in [5.74, 6) is 1.58. The Balaban J connectivity index is 1.30. The standard InChI is InChI=1S/C24H21N7O2/c1-16-26-23(33-30-16)19-12-13-31-20(14-19)28-29-21(31)15-25-24(32)27-22(17-8-4-2-5-9-17)18-10-6-3-7-11-18/h2-14,22H,15H2,1H3,(H2,25,27,32). The van der Waals surface area contributed by atoms with E-state index in [9.17, 15) is 4.79 Å². The second-order valence-corrected chi connectivity index (χ2v) is 7.49. The number of fused-ring (bicyclic) bond motifs is 1. The molecule has 0 bridgehead atoms. The average molecular weight is 439 g/mol. The maximum absolute atomic E-state index is 12.8. The molecule has 0 spiro atoms. The molecule has 0 aliphatic carbocycles. The summed E-state index contributed by atoms with van der Waals surface area (Å²) >= 11 is 0. The number of nitrogens with zero attached hydrogens (tertiary/aromatic N) is 5. The van der Waals surface area contributed by atoms with Gasteiger partial charge in [0.05, 0.1) is 12.6 Å². The number of carbonyl (C=O) groups excluding carboxylic acids is 1. The van der Waals surface area contributed by atoms with Gasteiger partial charge in [0.2, 0.25) is 0 Å². The van der Waals surface area contributed by atoms with Gasteiger partial charge in [0.1, 0.15) is 0 Å². The topological polar surface area (TPSA) is 110 Å². The van der Waals surface area contributed by atoms with Crippen LogP contribution in [0.2, 0.25) is 0 Å². The van der Waals surface area contributed by atoms with E-state index >= 15 is 0 Å². The first-order valence-corrected chi connectivity index (χ1v) is 10.5. The summed E-state index contributed by atoms with van der Waals surface area (Å²) in [6, 6.07) is 22.8. The van der Waals surface area contributed by atoms with Crippen molar-refractivity contribution in [3.05, 3.63) is 102 Å². The van der Waals surface area contributed by atoms with Crippen molar-refractivity contribution in [3.8, 4) is 11.5 Å². The van der Waals surface area contributed by atoms with E-state index in [2.05, 4.69) is 31.0 Å². The van der Waals surface area contributed by atoms with Crippen molar-refractivity contribution in [2.24, 2.45) is 0 Å². The van der Waals surface area contributed by atoms with E-state index in [1.807, 2.05) is 79.0 Å². The van der Waals surface area contributed by atoms with Gasteiger partial charge in [-0.15, -0.1) is 10.2 Å². The highest BCUT2D eigenvalue weighted by molar-refractivity contribution is 5.75. The lowest BCUT2D eigenvalue weighted by Crippen LogP contribution is -2.38. The summed E-state index contributed by atoms with van der Waals surface area (Å²) in [6.07, 6.45) is 1.82. The SMILES string of the molecule is Cc1noc(-c2ccn3c(CNC(=O)NC(c4ccccc4)c4ccccc4)nnc3c2)n1. The molecule has 33 heavy (non-hydrogen) atoms. The van der Waals surface area contributed by atoms with Crippen LogP contribution in [0.4, 0.5) is 4.79 Å². The summed E-state index contributed by atoms with van der Waals surface area (Å²) in [7, 11) is 0. The number of carbonyl (C=O) groups is 1. The Morgan fingerprint density at radius 1 is 1.00 bits per heavy atom. The summed E-state index contributed by atoms with van der Waals surface area (Å²) in [6.45, 7) is 1.97. The van der Waals surface area contributed by atoms with Crippen LogP contribution in [0.5, 0.6) is 0 Å². The molecule has 0 atom stereocenters. The molecule has 0 aliphatic heterocycles. The fraction of sp³-hybridized carbons (Fsp3) is 0.125. The van der Waals surface area contributed by atoms with Crippen molar-refractivity contribution in [2.45, 2.75) is 19.5 Å². The number of hydrogen-bond donors (Lipinski definition) is 2. The first kappa shape index (κ1) is 20.4. The number of aryl methyl sites for hydroxylation is 1. The van der Waals surface area contributed by atoms with E-state index in [4.69, 9.17) is 4.52 Å². The highest BCUT2D eigenvalue weighted by atomic mass is 16.5. The molecule has 3 aromatic heterocycles. The monoisotopic (exact) mass is 439 g/mol. The molecule has 5 aromatic rings. The van der Waals surface area contributed by atoms with Gasteiger partial charge in [-0.25, -0.2) is 4.79 Å². The Kier molecular flexibility index (Phi) is 5.50. The molecule has 0 unspecified atom stereocenters. The molecule has 2 aromatic carbocycles. The second kappa shape index (κ2) is 8.91. The number of hydrogen-bond acceptors (Lipinski definition) is 6. The van der Waals surface area contributed by atoms with E-state index in [1.165, 1.54) is 0 Å². The first-order valence-electron chi connectivity index (χ1n) is 10.5. The van der Waals surface area contributed by atoms with E-state index in [-0.39, 0.29) is 18.6 Å². The van der Waals surface area contributed by atoms with Crippen molar-refractivity contribution in [3.63, 3.8) is 0 Å². The minimum atomic E-state index is -0.303. The fourth-order valence-corrected chi connectivity index (χ4v) is 3.60. The molecule has 3 heterocycles. The highest BCUT2D eigenvalue weighted by Crippen LogP contribution is 2.22. The number of benzene rings is 2. The number of nitrogens with one attached hydrogen (secondary N) is 2. The molecule has 0 saturated heterocycles. The Hall–Kier alpha value is -4.53. The molecule has 2 N–H and O–H groups in total. The molecule has 2 amide bonds. The van der Waals surface area contributed by atoms with Crippen LogP contribution in [0, 0.1) is 6.92 Å². The Morgan fingerprint density at radius 2 is 1.70 bits per heavy atom. The highest BCUT2D eigenvalue weighted by Gasteiger charge is 2.17. The van der Waals surface area contributed by atoms with Gasteiger partial charge in [-0.3, -0.25) is 4.40 Å². The number of amides is 2. The molecule has 9 nitrogen and oxygen atoms in total. The van der Waals surface area contributed by atoms with Gasteiger partial charge >= 0.3 is 6.03 Å². The van der Waals surface area contributed by atoms with E-state index in [0.29, 0.717) is 23.2 Å². The van der Waals surface area contributed by atoms with Gasteiger partial charge in [0.25, 0.3) is 5.89 Å². The number of urea groups is 1. The van der Waals surface area contributed by atoms with Gasteiger partial charge in [-0.2, -0.15) is 4.98 Å². The smallest absolute Gasteiger partial charge is 0.315 e. The molecular weight excluding hydrogens is 418 g/mol. The Bertz CT molecular complexity index is 1340. The lowest BCUT2D eigenvalue weighted by molar-refractivity contribution is 0.238. The third-order valence-electron chi connectivity index (χ3n) is 5.20. The molecule has 0 saturated carbocycles. The van der Waals surface area contributed by atoms with Crippen molar-refractivity contribution < 1.29 is 9.32 Å². The Morgan fingerprint density at radius 3 is 2.33 bits per heavy atom. The largest absolute Gasteiger partial charge is 0.334 e. The lowest BCUT2D eigenvalue weighted by atomic mass is 9.99. The molecule has 9 heteroatoms. The van der Waals surface area contributed by atoms with Gasteiger partial charge < -0.3 is 15.2 Å². The van der Waals surface area contributed by atoms with Gasteiger partial charge in [0, 0.05) is 11.8 Å². The molecular formula is C24H21N7O2. The number of aromatic nitrogens is 5. The second-order valence-electron chi connectivity index (χ2n) is 7.49. The van der Waals surface area contributed by atoms with Crippen LogP contribution < -0.4 is 10.6 Å². The zero-order chi connectivity index (χ0) is 22.6. The molecule has 0 fully saturated rings. The van der Waals surface area contributed by atoms with Crippen LogP contribution in [0.1, 0.15) is 28.8 Å². The van der Waals surface area contributed by atoms with Gasteiger partial charge in [0.15, 0.2) is 17.3 Å². The van der Waals surface area contributed by atoms with Gasteiger partial charge in [-0.1, -0.05) is 65.8 Å². The predicted molar refractivity (Wildman–Crippen MR) is 121 cm³/mol. The maximum atomic E-state index is 12.8. The average Bonchev–Trinajstić information content (AvgIpc) is 3.48. The van der Waals surface area contributed by atoms with E-state index in [1.54, 1.807) is 11.3 Å². The zero-order valence-corrected chi connectivity index (χ0v) is 17.8. The third-order valence-corrected chi connectivity index (χ3v) is 5.20. The summed E-state index contributed by atoms with van der Waals surface area (Å²) < 4.78 is 7.02. The van der Waals surface area contributed by atoms with Crippen LogP contribution in [-0.4, -0.2) is 30.8 Å². The van der Waals surface area contributed by atoms with Crippen molar-refractivity contribution in [1.29, 1.82) is 0 Å². The van der Waals surface area contributed by atoms with Crippen LogP contribution in [0.15, 0.2) is 83.5 Å². The minimum absolute atomic E-state index is 0.211. The van der Waals surface area contributed by atoms with E-state index < -0.39 is 0 Å². The molecule has 5 rings (SSSR count). The normalized spacial score (nSPS) is 11.1. The van der Waals surface area contributed by atoms with E-state index in [0.717, 1.165) is 16.7 Å². The number of rotatable bonds is 6. The fourth-order valence-electron chi connectivity index (χ4n) is 3.60. The van der Waals surface area contributed by atoms with Crippen LogP contribution in [-0.2, 0) is 6.54 Å². The Labute approximate surface area is 189 Å². The quantitative estimate of drug-likeness (QED) is 0.418. The van der Waals surface area contributed by atoms with Crippen molar-refractivity contribution >= 4 is 11.7 Å². The summed E-state index contributed by atoms with van der Waals surface area (Å²) in [5.41, 5.74) is 3.36. The zero-order valence-electron chi connectivity index (χ0n) is 17.8. The summed E-state index contributed by atoms with van der Waals surface area (Å²) in [5, 5.41) is 18.2. The molecule has 0 aliphatic rings. The molecule has 0 radical (unpaired) electrons. The van der Waals surface area contributed by atoms with Crippen LogP contribution in [0.3, 0.4) is 0 Å². The predicted octanol–water partition coefficient (Wildman–Crippen LogP) is 3.68. The first-order chi connectivity index (χ1) is 16.2. The number of pyridine rings is 1. The maximum Gasteiger partial charge on any atom is 0.315 e. The summed E-state index contributed by atoms with van der Waals surface area (Å²) in [4.78, 5) is 17.0. The van der Waals surface area contributed by atoms with Crippen molar-refractivity contribution in [2.75, 3.05) is 0 Å². The minimum Gasteiger partial charge on any atom is -0.334 e. The third kappa shape index (κ3) is 4.42. The lowest BCUT2D eigenvalue weighted by Gasteiger charge is -2.20. The van der Waals surface area contributed by atoms with Crippen LogP contribution in [0.25, 0.3) is 17.1 Å². The van der Waals surface area contributed by atoms with Gasteiger partial charge in [-0.05, 0) is 30.2 Å². The van der Waals surface area contributed by atoms with Crippen LogP contribution >= 0.6 is 0 Å². The van der Waals surface area contributed by atoms with Crippen molar-refractivity contribution in [1.82, 2.24) is 35.4 Å². The molecule has 164 valence electrons.